The molecule has 1 amide bonds. The van der Waals surface area contributed by atoms with Crippen LogP contribution in [0.25, 0.3) is 10.2 Å². The van der Waals surface area contributed by atoms with Crippen LogP contribution < -0.4 is 0 Å². The van der Waals surface area contributed by atoms with Gasteiger partial charge in [-0.3, -0.25) is 9.63 Å². The molecule has 0 saturated heterocycles. The van der Waals surface area contributed by atoms with E-state index in [-0.39, 0.29) is 5.91 Å². The molecule has 78 valence electrons. The molecule has 0 saturated carbocycles. The van der Waals surface area contributed by atoms with Crippen molar-refractivity contribution in [2.24, 2.45) is 0 Å². The van der Waals surface area contributed by atoms with Crippen molar-refractivity contribution in [1.29, 1.82) is 0 Å². The van der Waals surface area contributed by atoms with Crippen molar-refractivity contribution in [3.8, 4) is 0 Å². The number of hydrogen-bond acceptors (Lipinski definition) is 5. The molecule has 1 aromatic carbocycles. The minimum absolute atomic E-state index is 0.201. The molecule has 2 aromatic rings. The molecule has 0 bridgehead atoms. The summed E-state index contributed by atoms with van der Waals surface area (Å²) in [5, 5.41) is 5.07. The summed E-state index contributed by atoms with van der Waals surface area (Å²) < 4.78 is 4.77. The van der Waals surface area contributed by atoms with E-state index in [4.69, 9.17) is 4.84 Å². The lowest BCUT2D eigenvalue weighted by Gasteiger charge is -2.12. The van der Waals surface area contributed by atoms with E-state index in [2.05, 4.69) is 9.59 Å². The fourth-order valence-corrected chi connectivity index (χ4v) is 1.72. The first-order chi connectivity index (χ1) is 7.22. The van der Waals surface area contributed by atoms with Gasteiger partial charge in [0, 0.05) is 12.6 Å². The van der Waals surface area contributed by atoms with E-state index >= 15 is 0 Å². The predicted molar refractivity (Wildman–Crippen MR) is 56.5 cm³/mol. The summed E-state index contributed by atoms with van der Waals surface area (Å²) in [6.07, 6.45) is 0. The second-order valence-electron chi connectivity index (χ2n) is 2.94. The van der Waals surface area contributed by atoms with E-state index < -0.39 is 0 Å². The lowest BCUT2D eigenvalue weighted by molar-refractivity contribution is -0.0756. The second kappa shape index (κ2) is 3.92. The van der Waals surface area contributed by atoms with E-state index in [1.54, 1.807) is 19.2 Å². The van der Waals surface area contributed by atoms with E-state index in [1.807, 2.05) is 6.07 Å². The predicted octanol–water partition coefficient (Wildman–Crippen LogP) is 1.32. The Morgan fingerprint density at radius 1 is 1.53 bits per heavy atom. The number of fused-ring (bicyclic) bond motifs is 1. The molecule has 0 spiro atoms. The second-order valence-corrected chi connectivity index (χ2v) is 3.73. The normalized spacial score (nSPS) is 10.5. The van der Waals surface area contributed by atoms with Gasteiger partial charge in [0.15, 0.2) is 0 Å². The first kappa shape index (κ1) is 10.0. The van der Waals surface area contributed by atoms with Crippen LogP contribution in [0.5, 0.6) is 0 Å². The first-order valence-corrected chi connectivity index (χ1v) is 5.04. The number of hydrogen-bond donors (Lipinski definition) is 0. The van der Waals surface area contributed by atoms with Gasteiger partial charge in [-0.2, -0.15) is 0 Å². The Labute approximate surface area is 90.4 Å². The molecule has 1 heterocycles. The monoisotopic (exact) mass is 223 g/mol. The molecular formula is C9H9N3O2S. The third-order valence-corrected chi connectivity index (χ3v) is 2.76. The van der Waals surface area contributed by atoms with Gasteiger partial charge in [-0.05, 0) is 29.7 Å². The molecule has 6 heteroatoms. The Kier molecular flexibility index (Phi) is 2.61. The molecule has 0 radical (unpaired) electrons. The van der Waals surface area contributed by atoms with Crippen LogP contribution >= 0.6 is 11.5 Å². The van der Waals surface area contributed by atoms with Crippen molar-refractivity contribution >= 4 is 27.7 Å². The molecule has 0 N–H and O–H groups in total. The highest BCUT2D eigenvalue weighted by atomic mass is 32.1. The summed E-state index contributed by atoms with van der Waals surface area (Å²) in [5.74, 6) is -0.201. The van der Waals surface area contributed by atoms with Crippen molar-refractivity contribution in [2.45, 2.75) is 0 Å². The van der Waals surface area contributed by atoms with Gasteiger partial charge in [0.25, 0.3) is 5.91 Å². The van der Waals surface area contributed by atoms with Gasteiger partial charge in [0.05, 0.1) is 11.8 Å². The number of nitrogens with zero attached hydrogens (tertiary/aromatic N) is 3. The molecule has 0 aliphatic rings. The number of carbonyl (C=O) groups excluding carboxylic acids is 1. The van der Waals surface area contributed by atoms with E-state index in [9.17, 15) is 4.79 Å². The van der Waals surface area contributed by atoms with Gasteiger partial charge in [0.2, 0.25) is 0 Å². The van der Waals surface area contributed by atoms with Crippen LogP contribution in [0.15, 0.2) is 18.2 Å². The summed E-state index contributed by atoms with van der Waals surface area (Å²) in [7, 11) is 3.01. The first-order valence-electron chi connectivity index (χ1n) is 4.26. The maximum Gasteiger partial charge on any atom is 0.277 e. The summed E-state index contributed by atoms with van der Waals surface area (Å²) in [6, 6.07) is 5.27. The molecule has 0 aliphatic heterocycles. The zero-order chi connectivity index (χ0) is 10.8. The van der Waals surface area contributed by atoms with Gasteiger partial charge < -0.3 is 0 Å². The molecule has 1 aromatic heterocycles. The summed E-state index contributed by atoms with van der Waals surface area (Å²) in [6.45, 7) is 0. The average molecular weight is 223 g/mol. The van der Waals surface area contributed by atoms with Crippen molar-refractivity contribution in [1.82, 2.24) is 14.7 Å². The van der Waals surface area contributed by atoms with Crippen LogP contribution in [0, 0.1) is 0 Å². The summed E-state index contributed by atoms with van der Waals surface area (Å²) >= 11 is 1.30. The SMILES string of the molecule is CON(C)C(=O)c1ccc2snnc2c1. The van der Waals surface area contributed by atoms with Crippen molar-refractivity contribution in [3.63, 3.8) is 0 Å². The Hall–Kier alpha value is -1.53. The topological polar surface area (TPSA) is 55.3 Å². The summed E-state index contributed by atoms with van der Waals surface area (Å²) in [4.78, 5) is 16.5. The largest absolute Gasteiger partial charge is 0.277 e. The number of carbonyl (C=O) groups is 1. The zero-order valence-electron chi connectivity index (χ0n) is 8.30. The minimum atomic E-state index is -0.201. The van der Waals surface area contributed by atoms with Crippen LogP contribution in [-0.2, 0) is 4.84 Å². The molecule has 15 heavy (non-hydrogen) atoms. The van der Waals surface area contributed by atoms with Gasteiger partial charge in [-0.15, -0.1) is 5.10 Å². The number of benzene rings is 1. The highest BCUT2D eigenvalue weighted by Gasteiger charge is 2.12. The van der Waals surface area contributed by atoms with Crippen molar-refractivity contribution in [3.05, 3.63) is 23.8 Å². The Bertz CT molecular complexity index is 497. The Balaban J connectivity index is 2.39. The highest BCUT2D eigenvalue weighted by Crippen LogP contribution is 2.17. The van der Waals surface area contributed by atoms with Crippen LogP contribution in [0.4, 0.5) is 0 Å². The summed E-state index contributed by atoms with van der Waals surface area (Å²) in [5.41, 5.74) is 1.27. The third-order valence-electron chi connectivity index (χ3n) is 2.05. The van der Waals surface area contributed by atoms with Crippen LogP contribution in [0.1, 0.15) is 10.4 Å². The van der Waals surface area contributed by atoms with Crippen molar-refractivity contribution < 1.29 is 9.63 Å². The maximum atomic E-state index is 11.7. The molecule has 0 fully saturated rings. The van der Waals surface area contributed by atoms with E-state index in [0.29, 0.717) is 5.56 Å². The number of aromatic nitrogens is 2. The minimum Gasteiger partial charge on any atom is -0.274 e. The van der Waals surface area contributed by atoms with Crippen LogP contribution in [0.2, 0.25) is 0 Å². The lowest BCUT2D eigenvalue weighted by atomic mass is 10.2. The average Bonchev–Trinajstić information content (AvgIpc) is 2.73. The fraction of sp³-hybridized carbons (Fsp3) is 0.222. The Morgan fingerprint density at radius 3 is 3.07 bits per heavy atom. The zero-order valence-corrected chi connectivity index (χ0v) is 9.11. The molecule has 0 aliphatic carbocycles. The maximum absolute atomic E-state index is 11.7. The van der Waals surface area contributed by atoms with Gasteiger partial charge in [-0.1, -0.05) is 4.49 Å². The number of hydroxylamine groups is 2. The standard InChI is InChI=1S/C9H9N3O2S/c1-12(14-2)9(13)6-3-4-8-7(5-6)10-11-15-8/h3-5H,1-2H3. The molecule has 0 unspecified atom stereocenters. The fourth-order valence-electron chi connectivity index (χ4n) is 1.18. The van der Waals surface area contributed by atoms with Crippen LogP contribution in [0.3, 0.4) is 0 Å². The smallest absolute Gasteiger partial charge is 0.274 e. The van der Waals surface area contributed by atoms with Gasteiger partial charge in [-0.25, -0.2) is 5.06 Å². The van der Waals surface area contributed by atoms with Crippen molar-refractivity contribution in [2.75, 3.05) is 14.2 Å². The number of rotatable bonds is 2. The molecule has 5 nitrogen and oxygen atoms in total. The van der Waals surface area contributed by atoms with E-state index in [0.717, 1.165) is 10.2 Å². The van der Waals surface area contributed by atoms with Gasteiger partial charge in [0.1, 0.15) is 5.52 Å². The lowest BCUT2D eigenvalue weighted by Crippen LogP contribution is -2.25. The Morgan fingerprint density at radius 2 is 2.33 bits per heavy atom. The molecular weight excluding hydrogens is 214 g/mol. The third kappa shape index (κ3) is 1.81. The molecule has 0 atom stereocenters. The van der Waals surface area contributed by atoms with Gasteiger partial charge >= 0.3 is 0 Å². The van der Waals surface area contributed by atoms with Crippen LogP contribution in [-0.4, -0.2) is 34.7 Å². The molecule has 2 rings (SSSR count). The highest BCUT2D eigenvalue weighted by molar-refractivity contribution is 7.12. The van der Waals surface area contributed by atoms with E-state index in [1.165, 1.54) is 23.7 Å². The number of amides is 1. The quantitative estimate of drug-likeness (QED) is 0.721.